The first-order valence-corrected chi connectivity index (χ1v) is 11.7. The normalized spacial score (nSPS) is 12.0. The van der Waals surface area contributed by atoms with Gasteiger partial charge in [-0.25, -0.2) is 0 Å². The van der Waals surface area contributed by atoms with Gasteiger partial charge in [0, 0.05) is 16.4 Å². The van der Waals surface area contributed by atoms with E-state index < -0.39 is 0 Å². The van der Waals surface area contributed by atoms with Crippen molar-refractivity contribution in [2.24, 2.45) is 0 Å². The molecule has 8 heteroatoms. The van der Waals surface area contributed by atoms with Crippen LogP contribution in [0.5, 0.6) is 0 Å². The number of furan rings is 1. The highest BCUT2D eigenvalue weighted by Gasteiger charge is 2.19. The molecule has 0 fully saturated rings. The summed E-state index contributed by atoms with van der Waals surface area (Å²) in [6, 6.07) is 19.0. The highest BCUT2D eigenvalue weighted by molar-refractivity contribution is 7.99. The Morgan fingerprint density at radius 3 is 2.53 bits per heavy atom. The molecule has 0 unspecified atom stereocenters. The van der Waals surface area contributed by atoms with Gasteiger partial charge >= 0.3 is 0 Å². The van der Waals surface area contributed by atoms with E-state index in [-0.39, 0.29) is 11.7 Å². The highest BCUT2D eigenvalue weighted by Crippen LogP contribution is 2.29. The minimum Gasteiger partial charge on any atom is -0.461 e. The third kappa shape index (κ3) is 5.06. The molecule has 0 saturated heterocycles. The molecule has 0 aliphatic carbocycles. The predicted octanol–water partition coefficient (Wildman–Crippen LogP) is 6.43. The zero-order valence-electron chi connectivity index (χ0n) is 17.8. The number of amides is 1. The lowest BCUT2D eigenvalue weighted by atomic mass is 9.99. The van der Waals surface area contributed by atoms with Crippen molar-refractivity contribution in [2.75, 3.05) is 11.1 Å². The molecule has 0 aliphatic rings. The second-order valence-corrected chi connectivity index (χ2v) is 8.74. The number of hydrogen-bond acceptors (Lipinski definition) is 5. The molecule has 1 atom stereocenters. The van der Waals surface area contributed by atoms with Crippen LogP contribution in [-0.4, -0.2) is 26.4 Å². The summed E-state index contributed by atoms with van der Waals surface area (Å²) in [6.07, 6.45) is 2.67. The topological polar surface area (TPSA) is 73.0 Å². The summed E-state index contributed by atoms with van der Waals surface area (Å²) in [5, 5.41) is 12.7. The van der Waals surface area contributed by atoms with Gasteiger partial charge in [0.25, 0.3) is 0 Å². The van der Waals surface area contributed by atoms with Gasteiger partial charge in [0.05, 0.1) is 12.0 Å². The van der Waals surface area contributed by atoms with Gasteiger partial charge in [-0.1, -0.05) is 49.3 Å². The fraction of sp³-hybridized carbons (Fsp3) is 0.208. The van der Waals surface area contributed by atoms with Crippen LogP contribution < -0.4 is 5.32 Å². The zero-order chi connectivity index (χ0) is 22.5. The number of carbonyl (C=O) groups is 1. The summed E-state index contributed by atoms with van der Waals surface area (Å²) in [5.74, 6) is 1.72. The molecule has 0 spiro atoms. The van der Waals surface area contributed by atoms with Gasteiger partial charge in [-0.05, 0) is 66.4 Å². The number of rotatable bonds is 8. The van der Waals surface area contributed by atoms with Gasteiger partial charge in [-0.15, -0.1) is 10.2 Å². The summed E-state index contributed by atoms with van der Waals surface area (Å²) in [5.41, 5.74) is 2.87. The molecule has 32 heavy (non-hydrogen) atoms. The molecular formula is C24H23ClN4O2S. The maximum atomic E-state index is 12.6. The molecule has 0 aliphatic heterocycles. The second kappa shape index (κ2) is 10.1. The summed E-state index contributed by atoms with van der Waals surface area (Å²) in [4.78, 5) is 12.6. The first kappa shape index (κ1) is 22.2. The van der Waals surface area contributed by atoms with Crippen LogP contribution in [0.25, 0.3) is 17.3 Å². The first-order chi connectivity index (χ1) is 15.5. The molecule has 2 heterocycles. The van der Waals surface area contributed by atoms with E-state index in [1.807, 2.05) is 34.9 Å². The first-order valence-electron chi connectivity index (χ1n) is 10.3. The third-order valence-electron chi connectivity index (χ3n) is 5.17. The van der Waals surface area contributed by atoms with E-state index in [0.29, 0.717) is 27.7 Å². The molecule has 1 amide bonds. The Morgan fingerprint density at radius 1 is 1.12 bits per heavy atom. The molecule has 0 radical (unpaired) electrons. The maximum Gasteiger partial charge on any atom is 0.234 e. The van der Waals surface area contributed by atoms with Crippen LogP contribution in [0.4, 0.5) is 5.69 Å². The minimum atomic E-state index is -0.114. The van der Waals surface area contributed by atoms with Crippen molar-refractivity contribution < 1.29 is 9.21 Å². The van der Waals surface area contributed by atoms with Crippen LogP contribution in [0.1, 0.15) is 31.7 Å². The minimum absolute atomic E-state index is 0.114. The Labute approximate surface area is 196 Å². The second-order valence-electron chi connectivity index (χ2n) is 7.36. The van der Waals surface area contributed by atoms with Crippen LogP contribution in [0.15, 0.2) is 76.5 Å². The average Bonchev–Trinajstić information content (AvgIpc) is 3.48. The quantitative estimate of drug-likeness (QED) is 0.303. The average molecular weight is 467 g/mol. The highest BCUT2D eigenvalue weighted by atomic mass is 35.5. The van der Waals surface area contributed by atoms with E-state index in [9.17, 15) is 4.79 Å². The predicted molar refractivity (Wildman–Crippen MR) is 129 cm³/mol. The molecule has 4 aromatic rings. The van der Waals surface area contributed by atoms with Crippen LogP contribution >= 0.6 is 23.4 Å². The summed E-state index contributed by atoms with van der Waals surface area (Å²) >= 11 is 7.36. The van der Waals surface area contributed by atoms with Gasteiger partial charge in [-0.3, -0.25) is 9.36 Å². The Hall–Kier alpha value is -3.03. The molecule has 4 rings (SSSR count). The Kier molecular flexibility index (Phi) is 6.97. The van der Waals surface area contributed by atoms with Crippen LogP contribution in [-0.2, 0) is 4.79 Å². The maximum absolute atomic E-state index is 12.6. The van der Waals surface area contributed by atoms with Crippen LogP contribution in [0.3, 0.4) is 0 Å². The Morgan fingerprint density at radius 2 is 1.88 bits per heavy atom. The monoisotopic (exact) mass is 466 g/mol. The largest absolute Gasteiger partial charge is 0.461 e. The molecule has 1 N–H and O–H groups in total. The number of anilines is 1. The van der Waals surface area contributed by atoms with E-state index >= 15 is 0 Å². The van der Waals surface area contributed by atoms with E-state index in [1.165, 1.54) is 17.3 Å². The van der Waals surface area contributed by atoms with E-state index in [4.69, 9.17) is 16.0 Å². The number of benzene rings is 2. The smallest absolute Gasteiger partial charge is 0.234 e. The number of nitrogens with one attached hydrogen (secondary N) is 1. The van der Waals surface area contributed by atoms with Gasteiger partial charge in [0.15, 0.2) is 10.9 Å². The summed E-state index contributed by atoms with van der Waals surface area (Å²) in [6.45, 7) is 4.36. The van der Waals surface area contributed by atoms with E-state index in [2.05, 4.69) is 41.5 Å². The fourth-order valence-corrected chi connectivity index (χ4v) is 4.09. The number of hydrogen-bond donors (Lipinski definition) is 1. The lowest BCUT2D eigenvalue weighted by Crippen LogP contribution is -2.14. The van der Waals surface area contributed by atoms with Crippen molar-refractivity contribution in [1.29, 1.82) is 0 Å². The van der Waals surface area contributed by atoms with Gasteiger partial charge < -0.3 is 9.73 Å². The molecule has 0 bridgehead atoms. The molecular weight excluding hydrogens is 444 g/mol. The number of aromatic nitrogens is 3. The van der Waals surface area contributed by atoms with Gasteiger partial charge in [0.2, 0.25) is 11.7 Å². The number of thioether (sulfide) groups is 1. The molecule has 2 aromatic carbocycles. The van der Waals surface area contributed by atoms with Crippen molar-refractivity contribution in [2.45, 2.75) is 31.3 Å². The Balaban J connectivity index is 1.49. The lowest BCUT2D eigenvalue weighted by molar-refractivity contribution is -0.113. The third-order valence-corrected chi connectivity index (χ3v) is 6.35. The van der Waals surface area contributed by atoms with Crippen LogP contribution in [0, 0.1) is 0 Å². The summed E-state index contributed by atoms with van der Waals surface area (Å²) in [7, 11) is 0. The number of carbonyl (C=O) groups excluding carboxylic acids is 1. The zero-order valence-corrected chi connectivity index (χ0v) is 19.4. The van der Waals surface area contributed by atoms with Gasteiger partial charge in [0.1, 0.15) is 0 Å². The van der Waals surface area contributed by atoms with Crippen molar-refractivity contribution in [3.63, 3.8) is 0 Å². The number of nitrogens with zero attached hydrogens (tertiary/aromatic N) is 3. The van der Waals surface area contributed by atoms with Crippen molar-refractivity contribution in [3.05, 3.63) is 77.5 Å². The van der Waals surface area contributed by atoms with E-state index in [1.54, 1.807) is 24.5 Å². The van der Waals surface area contributed by atoms with Crippen molar-refractivity contribution in [3.8, 4) is 17.3 Å². The molecule has 0 saturated carbocycles. The standard InChI is InChI=1S/C24H23ClN4O2S/c1-3-16(2)17-6-10-19(11-7-17)26-22(30)15-32-24-28-27-23(21-5-4-14-31-21)29(24)20-12-8-18(25)9-13-20/h4-14,16H,3,15H2,1-2H3,(H,26,30)/t16-/m1/s1. The summed E-state index contributed by atoms with van der Waals surface area (Å²) < 4.78 is 7.38. The SMILES string of the molecule is CC[C@@H](C)c1ccc(NC(=O)CSc2nnc(-c3ccco3)n2-c2ccc(Cl)cc2)cc1. The molecule has 6 nitrogen and oxygen atoms in total. The number of halogens is 1. The van der Waals surface area contributed by atoms with Gasteiger partial charge in [-0.2, -0.15) is 0 Å². The van der Waals surface area contributed by atoms with Crippen LogP contribution in [0.2, 0.25) is 5.02 Å². The van der Waals surface area contributed by atoms with E-state index in [0.717, 1.165) is 17.8 Å². The lowest BCUT2D eigenvalue weighted by Gasteiger charge is -2.11. The molecule has 2 aromatic heterocycles. The van der Waals surface area contributed by atoms with Crippen molar-refractivity contribution >= 4 is 35.0 Å². The molecule has 164 valence electrons. The Bertz CT molecular complexity index is 1170. The van der Waals surface area contributed by atoms with Crippen molar-refractivity contribution in [1.82, 2.24) is 14.8 Å². The fourth-order valence-electron chi connectivity index (χ4n) is 3.21.